The van der Waals surface area contributed by atoms with Gasteiger partial charge in [-0.1, -0.05) is 19.4 Å². The fraction of sp³-hybridized carbons (Fsp3) is 0.571. The van der Waals surface area contributed by atoms with Crippen LogP contribution >= 0.6 is 22.6 Å². The molecule has 2 heteroatoms. The monoisotopic (exact) mass is 238 g/mol. The van der Waals surface area contributed by atoms with Gasteiger partial charge in [-0.05, 0) is 35.9 Å². The molecule has 0 saturated carbocycles. The van der Waals surface area contributed by atoms with Gasteiger partial charge in [0, 0.05) is 0 Å². The van der Waals surface area contributed by atoms with Crippen molar-refractivity contribution in [3.8, 4) is 0 Å². The van der Waals surface area contributed by atoms with Gasteiger partial charge in [0.1, 0.15) is 0 Å². The van der Waals surface area contributed by atoms with Gasteiger partial charge in [-0.3, -0.25) is 4.79 Å². The highest BCUT2D eigenvalue weighted by Crippen LogP contribution is 2.08. The number of allylic oxidation sites excluding steroid dienone is 2. The molecule has 0 aliphatic rings. The lowest BCUT2D eigenvalue weighted by Crippen LogP contribution is -1.86. The number of unbranched alkanes of at least 4 members (excludes halogenated alkanes) is 1. The maximum Gasteiger partial charge on any atom is 0.165 e. The smallest absolute Gasteiger partial charge is 0.165 e. The van der Waals surface area contributed by atoms with Gasteiger partial charge in [0.05, 0.1) is 3.58 Å². The molecule has 0 aromatic rings. The summed E-state index contributed by atoms with van der Waals surface area (Å²) in [6, 6.07) is 0. The largest absolute Gasteiger partial charge is 0.294 e. The summed E-state index contributed by atoms with van der Waals surface area (Å²) in [5.74, 6) is 0.170. The van der Waals surface area contributed by atoms with Crippen LogP contribution in [-0.2, 0) is 4.79 Å². The third-order valence-corrected chi connectivity index (χ3v) is 2.15. The molecule has 0 fully saturated rings. The SMILES string of the molecule is CCC/C=C(/I)C(C)=O. The first-order valence-corrected chi connectivity index (χ1v) is 4.13. The molecule has 0 atom stereocenters. The van der Waals surface area contributed by atoms with Crippen LogP contribution in [0.1, 0.15) is 26.7 Å². The quantitative estimate of drug-likeness (QED) is 0.545. The number of hydrogen-bond acceptors (Lipinski definition) is 1. The van der Waals surface area contributed by atoms with E-state index >= 15 is 0 Å². The summed E-state index contributed by atoms with van der Waals surface area (Å²) in [5.41, 5.74) is 0. The number of Topliss-reactive ketones (excluding diaryl/α,β-unsaturated/α-hetero) is 1. The number of carbonyl (C=O) groups excluding carboxylic acids is 1. The normalized spacial score (nSPS) is 11.7. The molecule has 0 aromatic heterocycles. The van der Waals surface area contributed by atoms with Crippen LogP contribution in [-0.4, -0.2) is 5.78 Å². The van der Waals surface area contributed by atoms with E-state index in [0.717, 1.165) is 16.4 Å². The molecule has 0 N–H and O–H groups in total. The van der Waals surface area contributed by atoms with Gasteiger partial charge in [0.15, 0.2) is 5.78 Å². The van der Waals surface area contributed by atoms with Crippen molar-refractivity contribution in [2.75, 3.05) is 0 Å². The van der Waals surface area contributed by atoms with Gasteiger partial charge < -0.3 is 0 Å². The van der Waals surface area contributed by atoms with Crippen LogP contribution in [0, 0.1) is 0 Å². The summed E-state index contributed by atoms with van der Waals surface area (Å²) in [4.78, 5) is 10.6. The van der Waals surface area contributed by atoms with Crippen LogP contribution < -0.4 is 0 Å². The highest BCUT2D eigenvalue weighted by molar-refractivity contribution is 14.1. The Balaban J connectivity index is 3.69. The molecule has 0 saturated heterocycles. The number of ketones is 1. The molecular formula is C7H11IO. The molecule has 0 rings (SSSR count). The van der Waals surface area contributed by atoms with Crippen LogP contribution in [0.25, 0.3) is 0 Å². The van der Waals surface area contributed by atoms with Crippen LogP contribution in [0.4, 0.5) is 0 Å². The Morgan fingerprint density at radius 3 is 2.56 bits per heavy atom. The predicted octanol–water partition coefficient (Wildman–Crippen LogP) is 2.69. The van der Waals surface area contributed by atoms with Crippen molar-refractivity contribution in [2.45, 2.75) is 26.7 Å². The second-order valence-corrected chi connectivity index (χ2v) is 3.06. The Bertz CT molecular complexity index is 127. The topological polar surface area (TPSA) is 17.1 Å². The van der Waals surface area contributed by atoms with Gasteiger partial charge >= 0.3 is 0 Å². The first-order chi connectivity index (χ1) is 4.18. The predicted molar refractivity (Wildman–Crippen MR) is 47.7 cm³/mol. The zero-order valence-corrected chi connectivity index (χ0v) is 7.94. The third-order valence-electron chi connectivity index (χ3n) is 0.949. The van der Waals surface area contributed by atoms with Crippen LogP contribution in [0.15, 0.2) is 9.66 Å². The van der Waals surface area contributed by atoms with E-state index in [2.05, 4.69) is 29.5 Å². The van der Waals surface area contributed by atoms with E-state index in [1.807, 2.05) is 6.08 Å². The van der Waals surface area contributed by atoms with Crippen molar-refractivity contribution in [1.82, 2.24) is 0 Å². The summed E-state index contributed by atoms with van der Waals surface area (Å²) in [7, 11) is 0. The Morgan fingerprint density at radius 2 is 2.22 bits per heavy atom. The van der Waals surface area contributed by atoms with Crippen molar-refractivity contribution in [3.05, 3.63) is 9.66 Å². The lowest BCUT2D eigenvalue weighted by molar-refractivity contribution is -0.112. The molecule has 0 spiro atoms. The Kier molecular flexibility index (Phi) is 5.04. The molecular weight excluding hydrogens is 227 g/mol. The summed E-state index contributed by atoms with van der Waals surface area (Å²) in [6.07, 6.45) is 4.10. The second kappa shape index (κ2) is 4.97. The first-order valence-electron chi connectivity index (χ1n) is 3.05. The van der Waals surface area contributed by atoms with Crippen molar-refractivity contribution < 1.29 is 4.79 Å². The van der Waals surface area contributed by atoms with Gasteiger partial charge in [-0.2, -0.15) is 0 Å². The maximum atomic E-state index is 10.6. The highest BCUT2D eigenvalue weighted by Gasteiger charge is 1.94. The highest BCUT2D eigenvalue weighted by atomic mass is 127. The second-order valence-electron chi connectivity index (χ2n) is 1.90. The minimum atomic E-state index is 0.170. The van der Waals surface area contributed by atoms with E-state index in [-0.39, 0.29) is 5.78 Å². The van der Waals surface area contributed by atoms with Crippen LogP contribution in [0.2, 0.25) is 0 Å². The lowest BCUT2D eigenvalue weighted by atomic mass is 10.3. The summed E-state index contributed by atoms with van der Waals surface area (Å²) >= 11 is 2.07. The molecule has 0 aliphatic heterocycles. The van der Waals surface area contributed by atoms with E-state index in [1.54, 1.807) is 6.92 Å². The van der Waals surface area contributed by atoms with Crippen LogP contribution in [0.5, 0.6) is 0 Å². The van der Waals surface area contributed by atoms with Gasteiger partial charge in [-0.15, -0.1) is 0 Å². The fourth-order valence-corrected chi connectivity index (χ4v) is 0.726. The summed E-state index contributed by atoms with van der Waals surface area (Å²) < 4.78 is 0.856. The average molecular weight is 238 g/mol. The number of hydrogen-bond donors (Lipinski definition) is 0. The van der Waals surface area contributed by atoms with E-state index < -0.39 is 0 Å². The van der Waals surface area contributed by atoms with E-state index in [9.17, 15) is 4.79 Å². The minimum Gasteiger partial charge on any atom is -0.294 e. The number of halogens is 1. The Labute approximate surface area is 69.7 Å². The third kappa shape index (κ3) is 4.63. The Morgan fingerprint density at radius 1 is 1.67 bits per heavy atom. The first kappa shape index (κ1) is 9.14. The number of rotatable bonds is 3. The molecule has 0 radical (unpaired) electrons. The summed E-state index contributed by atoms with van der Waals surface area (Å²) in [5, 5.41) is 0. The van der Waals surface area contributed by atoms with Crippen molar-refractivity contribution in [2.24, 2.45) is 0 Å². The molecule has 0 heterocycles. The number of carbonyl (C=O) groups is 1. The molecule has 0 unspecified atom stereocenters. The zero-order chi connectivity index (χ0) is 7.28. The van der Waals surface area contributed by atoms with Crippen molar-refractivity contribution in [3.63, 3.8) is 0 Å². The zero-order valence-electron chi connectivity index (χ0n) is 5.78. The van der Waals surface area contributed by atoms with Gasteiger partial charge in [0.25, 0.3) is 0 Å². The minimum absolute atomic E-state index is 0.170. The fourth-order valence-electron chi connectivity index (χ4n) is 0.415. The average Bonchev–Trinajstić information content (AvgIpc) is 1.82. The molecule has 0 amide bonds. The molecule has 0 aromatic carbocycles. The standard InChI is InChI=1S/C7H11IO/c1-3-4-5-7(8)6(2)9/h5H,3-4H2,1-2H3/b7-5+. The molecule has 9 heavy (non-hydrogen) atoms. The maximum absolute atomic E-state index is 10.6. The lowest BCUT2D eigenvalue weighted by Gasteiger charge is -1.88. The molecule has 0 aliphatic carbocycles. The molecule has 0 bridgehead atoms. The molecule has 52 valence electrons. The van der Waals surface area contributed by atoms with Crippen molar-refractivity contribution in [1.29, 1.82) is 0 Å². The van der Waals surface area contributed by atoms with Gasteiger partial charge in [0.2, 0.25) is 0 Å². The van der Waals surface area contributed by atoms with Crippen LogP contribution in [0.3, 0.4) is 0 Å². The molecule has 1 nitrogen and oxygen atoms in total. The van der Waals surface area contributed by atoms with E-state index in [0.29, 0.717) is 0 Å². The summed E-state index contributed by atoms with van der Waals surface area (Å²) in [6.45, 7) is 3.69. The van der Waals surface area contributed by atoms with Crippen molar-refractivity contribution >= 4 is 28.4 Å². The van der Waals surface area contributed by atoms with Gasteiger partial charge in [-0.25, -0.2) is 0 Å². The van der Waals surface area contributed by atoms with E-state index in [1.165, 1.54) is 0 Å². The van der Waals surface area contributed by atoms with E-state index in [4.69, 9.17) is 0 Å². The Hall–Kier alpha value is 0.140.